The number of rotatable bonds is 7. The lowest BCUT2D eigenvalue weighted by Gasteiger charge is -2.11. The van der Waals surface area contributed by atoms with Gasteiger partial charge >= 0.3 is 0 Å². The Bertz CT molecular complexity index is 868. The summed E-state index contributed by atoms with van der Waals surface area (Å²) in [6.45, 7) is 4.81. The number of H-pyrrole nitrogens is 1. The molecule has 1 aromatic heterocycles. The normalized spacial score (nSPS) is 10.5. The zero-order valence-electron chi connectivity index (χ0n) is 13.3. The molecule has 2 aromatic carbocycles. The SMILES string of the molecule is C=CCc1ccccc1OCc1n[nH]c(=S)n1Cc1ccccc1. The van der Waals surface area contributed by atoms with Crippen molar-refractivity contribution in [3.63, 3.8) is 0 Å². The van der Waals surface area contributed by atoms with E-state index in [1.165, 1.54) is 5.56 Å². The Morgan fingerprint density at radius 1 is 1.12 bits per heavy atom. The van der Waals surface area contributed by atoms with Gasteiger partial charge in [-0.25, -0.2) is 0 Å². The number of hydrogen-bond acceptors (Lipinski definition) is 3. The summed E-state index contributed by atoms with van der Waals surface area (Å²) in [4.78, 5) is 0. The lowest BCUT2D eigenvalue weighted by molar-refractivity contribution is 0.287. The van der Waals surface area contributed by atoms with Crippen LogP contribution in [0.15, 0.2) is 67.3 Å². The molecule has 0 aliphatic carbocycles. The van der Waals surface area contributed by atoms with Crippen LogP contribution in [0, 0.1) is 4.77 Å². The monoisotopic (exact) mass is 337 g/mol. The number of benzene rings is 2. The first kappa shape index (κ1) is 16.2. The average Bonchev–Trinajstić information content (AvgIpc) is 2.95. The molecule has 3 aromatic rings. The first-order valence-corrected chi connectivity index (χ1v) is 8.18. The second-order valence-electron chi connectivity index (χ2n) is 5.41. The molecule has 1 heterocycles. The molecule has 0 fully saturated rings. The van der Waals surface area contributed by atoms with Gasteiger partial charge in [-0.05, 0) is 35.8 Å². The third-order valence-corrected chi connectivity index (χ3v) is 4.03. The van der Waals surface area contributed by atoms with Crippen LogP contribution in [0.4, 0.5) is 0 Å². The molecule has 0 atom stereocenters. The summed E-state index contributed by atoms with van der Waals surface area (Å²) in [5.74, 6) is 1.62. The van der Waals surface area contributed by atoms with Crippen LogP contribution in [-0.4, -0.2) is 14.8 Å². The number of nitrogens with zero attached hydrogens (tertiary/aromatic N) is 2. The predicted octanol–water partition coefficient (Wildman–Crippen LogP) is 4.30. The van der Waals surface area contributed by atoms with Gasteiger partial charge in [-0.3, -0.25) is 9.67 Å². The molecule has 0 amide bonds. The Labute approximate surface area is 146 Å². The Morgan fingerprint density at radius 2 is 1.88 bits per heavy atom. The minimum Gasteiger partial charge on any atom is -0.485 e. The van der Waals surface area contributed by atoms with Gasteiger partial charge < -0.3 is 4.74 Å². The van der Waals surface area contributed by atoms with Gasteiger partial charge in [0.2, 0.25) is 0 Å². The molecule has 0 saturated heterocycles. The maximum Gasteiger partial charge on any atom is 0.195 e. The zero-order chi connectivity index (χ0) is 16.8. The van der Waals surface area contributed by atoms with E-state index in [2.05, 4.69) is 28.9 Å². The van der Waals surface area contributed by atoms with Gasteiger partial charge in [-0.2, -0.15) is 5.10 Å². The topological polar surface area (TPSA) is 42.8 Å². The molecule has 1 N–H and O–H groups in total. The van der Waals surface area contributed by atoms with Crippen molar-refractivity contribution in [3.05, 3.63) is 89.0 Å². The smallest absolute Gasteiger partial charge is 0.195 e. The summed E-state index contributed by atoms with van der Waals surface area (Å²) < 4.78 is 8.52. The van der Waals surface area contributed by atoms with Crippen molar-refractivity contribution in [2.45, 2.75) is 19.6 Å². The molecule has 4 nitrogen and oxygen atoms in total. The standard InChI is InChI=1S/C19H19N3OS/c1-2-8-16-11-6-7-12-17(16)23-14-18-20-21-19(24)22(18)13-15-9-4-3-5-10-15/h2-7,9-12H,1,8,13-14H2,(H,21,24). The first-order chi connectivity index (χ1) is 11.8. The summed E-state index contributed by atoms with van der Waals surface area (Å²) >= 11 is 5.35. The second-order valence-corrected chi connectivity index (χ2v) is 5.79. The number of hydrogen-bond donors (Lipinski definition) is 1. The van der Waals surface area contributed by atoms with Crippen LogP contribution in [0.1, 0.15) is 17.0 Å². The van der Waals surface area contributed by atoms with Crippen molar-refractivity contribution in [1.29, 1.82) is 0 Å². The van der Waals surface area contributed by atoms with E-state index in [1.807, 2.05) is 53.1 Å². The molecule has 0 unspecified atom stereocenters. The van der Waals surface area contributed by atoms with Gasteiger partial charge in [0.15, 0.2) is 10.6 Å². The molecule has 0 spiro atoms. The molecule has 122 valence electrons. The van der Waals surface area contributed by atoms with E-state index in [1.54, 1.807) is 0 Å². The van der Waals surface area contributed by atoms with Crippen LogP contribution in [0.2, 0.25) is 0 Å². The number of ether oxygens (including phenoxy) is 1. The third kappa shape index (κ3) is 3.81. The summed E-state index contributed by atoms with van der Waals surface area (Å²) in [5.41, 5.74) is 2.28. The van der Waals surface area contributed by atoms with Crippen LogP contribution in [0.5, 0.6) is 5.75 Å². The fourth-order valence-electron chi connectivity index (χ4n) is 2.50. The summed E-state index contributed by atoms with van der Waals surface area (Å²) in [6.07, 6.45) is 2.64. The Hall–Kier alpha value is -2.66. The van der Waals surface area contributed by atoms with E-state index >= 15 is 0 Å². The van der Waals surface area contributed by atoms with Crippen molar-refractivity contribution in [1.82, 2.24) is 14.8 Å². The highest BCUT2D eigenvalue weighted by Crippen LogP contribution is 2.20. The number of aromatic amines is 1. The van der Waals surface area contributed by atoms with Gasteiger partial charge in [-0.1, -0.05) is 54.6 Å². The van der Waals surface area contributed by atoms with Crippen LogP contribution < -0.4 is 4.74 Å². The molecule has 0 aliphatic heterocycles. The predicted molar refractivity (Wildman–Crippen MR) is 97.6 cm³/mol. The van der Waals surface area contributed by atoms with Gasteiger partial charge in [0.25, 0.3) is 0 Å². The Balaban J connectivity index is 1.77. The second kappa shape index (κ2) is 7.75. The average molecular weight is 337 g/mol. The minimum atomic E-state index is 0.355. The summed E-state index contributed by atoms with van der Waals surface area (Å²) in [7, 11) is 0. The lowest BCUT2D eigenvalue weighted by atomic mass is 10.1. The zero-order valence-corrected chi connectivity index (χ0v) is 14.1. The van der Waals surface area contributed by atoms with Crippen molar-refractivity contribution >= 4 is 12.2 Å². The number of aromatic nitrogens is 3. The Kier molecular flexibility index (Phi) is 5.23. The van der Waals surface area contributed by atoms with E-state index < -0.39 is 0 Å². The van der Waals surface area contributed by atoms with Crippen LogP contribution in [-0.2, 0) is 19.6 Å². The molecule has 3 rings (SSSR count). The number of nitrogens with one attached hydrogen (secondary N) is 1. The van der Waals surface area contributed by atoms with E-state index in [4.69, 9.17) is 17.0 Å². The molecule has 0 aliphatic rings. The first-order valence-electron chi connectivity index (χ1n) is 7.77. The Morgan fingerprint density at radius 3 is 2.67 bits per heavy atom. The highest BCUT2D eigenvalue weighted by atomic mass is 32.1. The summed E-state index contributed by atoms with van der Waals surface area (Å²) in [5, 5.41) is 7.16. The van der Waals surface area contributed by atoms with Crippen LogP contribution in [0.3, 0.4) is 0 Å². The highest BCUT2D eigenvalue weighted by molar-refractivity contribution is 7.71. The molecule has 0 radical (unpaired) electrons. The number of allylic oxidation sites excluding steroid dienone is 1. The molecular formula is C19H19N3OS. The van der Waals surface area contributed by atoms with Gasteiger partial charge in [0.05, 0.1) is 6.54 Å². The largest absolute Gasteiger partial charge is 0.485 e. The molecule has 0 bridgehead atoms. The highest BCUT2D eigenvalue weighted by Gasteiger charge is 2.09. The van der Waals surface area contributed by atoms with E-state index in [0.717, 1.165) is 23.6 Å². The van der Waals surface area contributed by atoms with Gasteiger partial charge in [0, 0.05) is 0 Å². The molecule has 0 saturated carbocycles. The van der Waals surface area contributed by atoms with Crippen molar-refractivity contribution < 1.29 is 4.74 Å². The van der Waals surface area contributed by atoms with Crippen molar-refractivity contribution in [2.75, 3.05) is 0 Å². The maximum atomic E-state index is 5.97. The number of para-hydroxylation sites is 1. The quantitative estimate of drug-likeness (QED) is 0.516. The fraction of sp³-hybridized carbons (Fsp3) is 0.158. The van der Waals surface area contributed by atoms with E-state index in [-0.39, 0.29) is 0 Å². The van der Waals surface area contributed by atoms with E-state index in [9.17, 15) is 0 Å². The molecular weight excluding hydrogens is 318 g/mol. The van der Waals surface area contributed by atoms with E-state index in [0.29, 0.717) is 17.9 Å². The minimum absolute atomic E-state index is 0.355. The summed E-state index contributed by atoms with van der Waals surface area (Å²) in [6, 6.07) is 18.1. The maximum absolute atomic E-state index is 5.97. The van der Waals surface area contributed by atoms with Crippen molar-refractivity contribution in [2.24, 2.45) is 0 Å². The molecule has 5 heteroatoms. The van der Waals surface area contributed by atoms with Crippen molar-refractivity contribution in [3.8, 4) is 5.75 Å². The third-order valence-electron chi connectivity index (χ3n) is 3.71. The van der Waals surface area contributed by atoms with Crippen LogP contribution >= 0.6 is 12.2 Å². The fourth-order valence-corrected chi connectivity index (χ4v) is 2.72. The molecule has 24 heavy (non-hydrogen) atoms. The lowest BCUT2D eigenvalue weighted by Crippen LogP contribution is -2.09. The van der Waals surface area contributed by atoms with Gasteiger partial charge in [-0.15, -0.1) is 6.58 Å². The van der Waals surface area contributed by atoms with Crippen LogP contribution in [0.25, 0.3) is 0 Å². The van der Waals surface area contributed by atoms with Gasteiger partial charge in [0.1, 0.15) is 12.4 Å².